The molecule has 0 radical (unpaired) electrons. The van der Waals surface area contributed by atoms with Crippen LogP contribution in [0.15, 0.2) is 23.1 Å². The molecule has 110 valence electrons. The minimum Gasteiger partial charge on any atom is -0.495 e. The first kappa shape index (κ1) is 15.1. The third-order valence-electron chi connectivity index (χ3n) is 3.00. The summed E-state index contributed by atoms with van der Waals surface area (Å²) in [5, 5.41) is 9.00. The zero-order chi connectivity index (χ0) is 14.8. The largest absolute Gasteiger partial charge is 0.495 e. The predicted octanol–water partition coefficient (Wildman–Crippen LogP) is 1.13. The van der Waals surface area contributed by atoms with Crippen LogP contribution in [0.2, 0.25) is 0 Å². The van der Waals surface area contributed by atoms with Gasteiger partial charge < -0.3 is 9.84 Å². The molecule has 1 saturated heterocycles. The molecule has 1 heterocycles. The third-order valence-corrected chi connectivity index (χ3v) is 5.86. The molecule has 1 aromatic rings. The van der Waals surface area contributed by atoms with Gasteiger partial charge in [0.1, 0.15) is 10.6 Å². The zero-order valence-electron chi connectivity index (χ0n) is 10.9. The number of thioether (sulfide) groups is 1. The van der Waals surface area contributed by atoms with E-state index in [-0.39, 0.29) is 16.2 Å². The molecule has 0 amide bonds. The van der Waals surface area contributed by atoms with Crippen LogP contribution in [0.25, 0.3) is 0 Å². The summed E-state index contributed by atoms with van der Waals surface area (Å²) in [4.78, 5) is 10.9. The van der Waals surface area contributed by atoms with Gasteiger partial charge in [-0.05, 0) is 18.2 Å². The number of rotatable bonds is 4. The standard InChI is InChI=1S/C12H15NO5S2/c1-18-10-3-2-9(12(14)15)8-11(10)20(16,17)13-4-6-19-7-5-13/h2-3,8H,4-7H2,1H3,(H,14,15). The molecule has 2 rings (SSSR count). The Morgan fingerprint density at radius 1 is 1.35 bits per heavy atom. The molecule has 1 aliphatic heterocycles. The number of aromatic carboxylic acids is 1. The Bertz CT molecular complexity index is 608. The average molecular weight is 317 g/mol. The second-order valence-corrected chi connectivity index (χ2v) is 7.32. The van der Waals surface area contributed by atoms with E-state index < -0.39 is 16.0 Å². The highest BCUT2D eigenvalue weighted by atomic mass is 32.2. The van der Waals surface area contributed by atoms with Crippen LogP contribution in [0.4, 0.5) is 0 Å². The predicted molar refractivity (Wildman–Crippen MR) is 76.0 cm³/mol. The van der Waals surface area contributed by atoms with Gasteiger partial charge in [-0.2, -0.15) is 16.1 Å². The zero-order valence-corrected chi connectivity index (χ0v) is 12.5. The van der Waals surface area contributed by atoms with Gasteiger partial charge in [-0.15, -0.1) is 0 Å². The Labute approximate surface area is 121 Å². The van der Waals surface area contributed by atoms with Crippen molar-refractivity contribution in [2.75, 3.05) is 31.7 Å². The highest BCUT2D eigenvalue weighted by Gasteiger charge is 2.29. The van der Waals surface area contributed by atoms with E-state index >= 15 is 0 Å². The van der Waals surface area contributed by atoms with Crippen molar-refractivity contribution in [3.63, 3.8) is 0 Å². The van der Waals surface area contributed by atoms with Crippen LogP contribution in [0.1, 0.15) is 10.4 Å². The second-order valence-electron chi connectivity index (χ2n) is 4.19. The Hall–Kier alpha value is -1.25. The van der Waals surface area contributed by atoms with E-state index in [4.69, 9.17) is 9.84 Å². The maximum absolute atomic E-state index is 12.6. The van der Waals surface area contributed by atoms with Crippen LogP contribution in [-0.2, 0) is 10.0 Å². The molecule has 0 aromatic heterocycles. The number of methoxy groups -OCH3 is 1. The van der Waals surface area contributed by atoms with E-state index in [1.165, 1.54) is 23.5 Å². The molecular formula is C12H15NO5S2. The van der Waals surface area contributed by atoms with Gasteiger partial charge in [0.25, 0.3) is 0 Å². The van der Waals surface area contributed by atoms with Gasteiger partial charge in [-0.25, -0.2) is 13.2 Å². The number of carbonyl (C=O) groups is 1. The van der Waals surface area contributed by atoms with Crippen molar-refractivity contribution >= 4 is 27.8 Å². The van der Waals surface area contributed by atoms with Crippen LogP contribution < -0.4 is 4.74 Å². The Morgan fingerprint density at radius 2 is 2.00 bits per heavy atom. The first-order valence-corrected chi connectivity index (χ1v) is 8.55. The van der Waals surface area contributed by atoms with Gasteiger partial charge in [0.2, 0.25) is 10.0 Å². The SMILES string of the molecule is COc1ccc(C(=O)O)cc1S(=O)(=O)N1CCSCC1. The second kappa shape index (κ2) is 6.02. The molecule has 0 bridgehead atoms. The van der Waals surface area contributed by atoms with Crippen LogP contribution >= 0.6 is 11.8 Å². The lowest BCUT2D eigenvalue weighted by Crippen LogP contribution is -2.38. The number of nitrogens with zero attached hydrogens (tertiary/aromatic N) is 1. The van der Waals surface area contributed by atoms with Crippen molar-refractivity contribution in [2.45, 2.75) is 4.90 Å². The first-order valence-electron chi connectivity index (χ1n) is 5.96. The molecule has 1 aromatic carbocycles. The van der Waals surface area contributed by atoms with Crippen LogP contribution in [-0.4, -0.2) is 55.5 Å². The Kier molecular flexibility index (Phi) is 4.56. The topological polar surface area (TPSA) is 83.9 Å². The monoisotopic (exact) mass is 317 g/mol. The molecule has 0 saturated carbocycles. The molecule has 0 atom stereocenters. The minimum atomic E-state index is -3.73. The first-order chi connectivity index (χ1) is 9.46. The van der Waals surface area contributed by atoms with E-state index in [0.717, 1.165) is 17.6 Å². The summed E-state index contributed by atoms with van der Waals surface area (Å²) >= 11 is 1.70. The van der Waals surface area contributed by atoms with Crippen LogP contribution in [0.5, 0.6) is 5.75 Å². The molecule has 1 N–H and O–H groups in total. The van der Waals surface area contributed by atoms with Crippen molar-refractivity contribution in [1.29, 1.82) is 0 Å². The van der Waals surface area contributed by atoms with Gasteiger partial charge >= 0.3 is 5.97 Å². The maximum atomic E-state index is 12.6. The molecule has 0 spiro atoms. The minimum absolute atomic E-state index is 0.0734. The number of sulfonamides is 1. The van der Waals surface area contributed by atoms with E-state index in [1.54, 1.807) is 11.8 Å². The number of carboxylic acid groups (broad SMARTS) is 1. The van der Waals surface area contributed by atoms with E-state index in [9.17, 15) is 13.2 Å². The molecular weight excluding hydrogens is 302 g/mol. The summed E-state index contributed by atoms with van der Waals surface area (Å²) in [7, 11) is -2.37. The fourth-order valence-electron chi connectivity index (χ4n) is 1.94. The van der Waals surface area contributed by atoms with Gasteiger partial charge in [-0.1, -0.05) is 0 Å². The molecule has 20 heavy (non-hydrogen) atoms. The summed E-state index contributed by atoms with van der Waals surface area (Å²) in [6.07, 6.45) is 0. The van der Waals surface area contributed by atoms with Crippen LogP contribution in [0, 0.1) is 0 Å². The van der Waals surface area contributed by atoms with Gasteiger partial charge in [0.15, 0.2) is 0 Å². The maximum Gasteiger partial charge on any atom is 0.335 e. The van der Waals surface area contributed by atoms with Gasteiger partial charge in [0.05, 0.1) is 12.7 Å². The van der Waals surface area contributed by atoms with Gasteiger partial charge in [0, 0.05) is 24.6 Å². The normalized spacial score (nSPS) is 16.9. The summed E-state index contributed by atoms with van der Waals surface area (Å²) in [5.41, 5.74) is -0.0734. The van der Waals surface area contributed by atoms with Crippen molar-refractivity contribution in [3.05, 3.63) is 23.8 Å². The van der Waals surface area contributed by atoms with Crippen molar-refractivity contribution in [3.8, 4) is 5.75 Å². The quantitative estimate of drug-likeness (QED) is 0.896. The lowest BCUT2D eigenvalue weighted by molar-refractivity contribution is 0.0696. The van der Waals surface area contributed by atoms with Crippen LogP contribution in [0.3, 0.4) is 0 Å². The number of ether oxygens (including phenoxy) is 1. The van der Waals surface area contributed by atoms with E-state index in [1.807, 2.05) is 0 Å². The Morgan fingerprint density at radius 3 is 2.55 bits per heavy atom. The number of hydrogen-bond acceptors (Lipinski definition) is 5. The number of carboxylic acids is 1. The average Bonchev–Trinajstić information content (AvgIpc) is 2.47. The molecule has 0 aliphatic carbocycles. The molecule has 1 aliphatic rings. The third kappa shape index (κ3) is 2.92. The number of benzene rings is 1. The van der Waals surface area contributed by atoms with E-state index in [0.29, 0.717) is 13.1 Å². The summed E-state index contributed by atoms with van der Waals surface area (Å²) in [6.45, 7) is 0.848. The summed E-state index contributed by atoms with van der Waals surface area (Å²) < 4.78 is 31.6. The van der Waals surface area contributed by atoms with E-state index in [2.05, 4.69) is 0 Å². The summed E-state index contributed by atoms with van der Waals surface area (Å²) in [5.74, 6) is 0.465. The van der Waals surface area contributed by atoms with Crippen molar-refractivity contribution in [1.82, 2.24) is 4.31 Å². The molecule has 8 heteroatoms. The lowest BCUT2D eigenvalue weighted by Gasteiger charge is -2.26. The van der Waals surface area contributed by atoms with Crippen molar-refractivity contribution < 1.29 is 23.1 Å². The molecule has 1 fully saturated rings. The van der Waals surface area contributed by atoms with Gasteiger partial charge in [-0.3, -0.25) is 0 Å². The highest BCUT2D eigenvalue weighted by Crippen LogP contribution is 2.29. The summed E-state index contributed by atoms with van der Waals surface area (Å²) in [6, 6.07) is 3.85. The Balaban J connectivity index is 2.48. The highest BCUT2D eigenvalue weighted by molar-refractivity contribution is 7.99. The fourth-order valence-corrected chi connectivity index (χ4v) is 4.69. The lowest BCUT2D eigenvalue weighted by atomic mass is 10.2. The molecule has 0 unspecified atom stereocenters. The molecule has 6 nitrogen and oxygen atoms in total. The number of hydrogen-bond donors (Lipinski definition) is 1. The smallest absolute Gasteiger partial charge is 0.335 e. The van der Waals surface area contributed by atoms with Crippen molar-refractivity contribution in [2.24, 2.45) is 0 Å². The fraction of sp³-hybridized carbons (Fsp3) is 0.417.